The summed E-state index contributed by atoms with van der Waals surface area (Å²) in [4.78, 5) is 24.1. The Bertz CT molecular complexity index is 761. The summed E-state index contributed by atoms with van der Waals surface area (Å²) in [7, 11) is 1.28. The standard InChI is InChI=1S/C18H18I2N2O4/c1-25-17(23)15(9-12-7-13(19)16(21)14(20)8-12)22-18(24)26-10-11-5-3-2-4-6-11/h2-8,15H,9-10,21H2,1H3,(H,22,24)/t15-/m1/s1. The van der Waals surface area contributed by atoms with E-state index in [4.69, 9.17) is 15.2 Å². The van der Waals surface area contributed by atoms with E-state index in [2.05, 4.69) is 50.5 Å². The largest absolute Gasteiger partial charge is 0.467 e. The van der Waals surface area contributed by atoms with Crippen molar-refractivity contribution in [2.24, 2.45) is 0 Å². The van der Waals surface area contributed by atoms with Gasteiger partial charge in [-0.15, -0.1) is 0 Å². The minimum Gasteiger partial charge on any atom is -0.467 e. The summed E-state index contributed by atoms with van der Waals surface area (Å²) < 4.78 is 11.7. The minimum atomic E-state index is -0.849. The molecule has 0 spiro atoms. The SMILES string of the molecule is COC(=O)[C@@H](Cc1cc(I)c(N)c(I)c1)NC(=O)OCc1ccccc1. The highest BCUT2D eigenvalue weighted by molar-refractivity contribution is 14.1. The molecule has 138 valence electrons. The molecule has 0 heterocycles. The number of ether oxygens (including phenoxy) is 2. The van der Waals surface area contributed by atoms with Crippen molar-refractivity contribution in [3.05, 3.63) is 60.7 Å². The van der Waals surface area contributed by atoms with Crippen LogP contribution in [0.25, 0.3) is 0 Å². The van der Waals surface area contributed by atoms with E-state index in [0.717, 1.165) is 18.3 Å². The second kappa shape index (κ2) is 9.95. The lowest BCUT2D eigenvalue weighted by atomic mass is 10.1. The molecule has 0 aliphatic rings. The van der Waals surface area contributed by atoms with Crippen LogP contribution in [0.5, 0.6) is 0 Å². The first-order valence-corrected chi connectivity index (χ1v) is 9.85. The van der Waals surface area contributed by atoms with Gasteiger partial charge in [0, 0.05) is 13.6 Å². The molecule has 0 aliphatic heterocycles. The van der Waals surface area contributed by atoms with Crippen molar-refractivity contribution < 1.29 is 19.1 Å². The van der Waals surface area contributed by atoms with Crippen molar-refractivity contribution in [2.45, 2.75) is 19.1 Å². The number of carbonyl (C=O) groups excluding carboxylic acids is 2. The zero-order valence-corrected chi connectivity index (χ0v) is 18.3. The third-order valence-electron chi connectivity index (χ3n) is 3.57. The van der Waals surface area contributed by atoms with E-state index in [0.29, 0.717) is 5.69 Å². The third-order valence-corrected chi connectivity index (χ3v) is 5.35. The van der Waals surface area contributed by atoms with E-state index in [1.54, 1.807) is 0 Å². The quantitative estimate of drug-likeness (QED) is 0.311. The Hall–Kier alpha value is -1.56. The van der Waals surface area contributed by atoms with Gasteiger partial charge in [-0.3, -0.25) is 0 Å². The molecular formula is C18H18I2N2O4. The van der Waals surface area contributed by atoms with Gasteiger partial charge in [0.1, 0.15) is 12.6 Å². The Labute approximate surface area is 179 Å². The van der Waals surface area contributed by atoms with Gasteiger partial charge in [-0.2, -0.15) is 0 Å². The van der Waals surface area contributed by atoms with E-state index in [9.17, 15) is 9.59 Å². The van der Waals surface area contributed by atoms with Gasteiger partial charge in [0.2, 0.25) is 0 Å². The fourth-order valence-electron chi connectivity index (χ4n) is 2.23. The number of benzene rings is 2. The third kappa shape index (κ3) is 6.01. The number of esters is 1. The molecule has 0 aromatic heterocycles. The molecule has 26 heavy (non-hydrogen) atoms. The lowest BCUT2D eigenvalue weighted by Crippen LogP contribution is -2.43. The molecule has 2 aromatic carbocycles. The summed E-state index contributed by atoms with van der Waals surface area (Å²) >= 11 is 4.27. The molecule has 8 heteroatoms. The molecule has 3 N–H and O–H groups in total. The number of nitrogens with two attached hydrogens (primary N) is 1. The van der Waals surface area contributed by atoms with Crippen LogP contribution in [0.2, 0.25) is 0 Å². The van der Waals surface area contributed by atoms with Crippen LogP contribution >= 0.6 is 45.2 Å². The maximum Gasteiger partial charge on any atom is 0.408 e. The van der Waals surface area contributed by atoms with E-state index in [1.807, 2.05) is 42.5 Å². The summed E-state index contributed by atoms with van der Waals surface area (Å²) in [6, 6.07) is 12.2. The molecule has 2 aromatic rings. The Morgan fingerprint density at radius 2 is 1.73 bits per heavy atom. The number of nitrogens with one attached hydrogen (secondary N) is 1. The van der Waals surface area contributed by atoms with Gasteiger partial charge in [0.25, 0.3) is 0 Å². The van der Waals surface area contributed by atoms with Gasteiger partial charge < -0.3 is 20.5 Å². The fraction of sp³-hybridized carbons (Fsp3) is 0.222. The van der Waals surface area contributed by atoms with E-state index >= 15 is 0 Å². The van der Waals surface area contributed by atoms with Crippen LogP contribution in [0, 0.1) is 7.14 Å². The predicted octanol–water partition coefficient (Wildman–Crippen LogP) is 3.49. The normalized spacial score (nSPS) is 11.5. The van der Waals surface area contributed by atoms with Gasteiger partial charge in [0.15, 0.2) is 0 Å². The number of anilines is 1. The highest BCUT2D eigenvalue weighted by Crippen LogP contribution is 2.24. The lowest BCUT2D eigenvalue weighted by Gasteiger charge is -2.17. The molecule has 0 fully saturated rings. The van der Waals surface area contributed by atoms with Gasteiger partial charge in [-0.25, -0.2) is 9.59 Å². The van der Waals surface area contributed by atoms with E-state index in [1.165, 1.54) is 7.11 Å². The molecule has 0 bridgehead atoms. The Morgan fingerprint density at radius 3 is 2.31 bits per heavy atom. The average Bonchev–Trinajstić information content (AvgIpc) is 2.64. The number of alkyl carbamates (subject to hydrolysis) is 1. The highest BCUT2D eigenvalue weighted by atomic mass is 127. The Kier molecular flexibility index (Phi) is 7.94. The van der Waals surface area contributed by atoms with Crippen molar-refractivity contribution in [1.29, 1.82) is 0 Å². The molecular weight excluding hydrogens is 562 g/mol. The molecule has 6 nitrogen and oxygen atoms in total. The first kappa shape index (κ1) is 20.7. The van der Waals surface area contributed by atoms with Crippen molar-refractivity contribution in [3.63, 3.8) is 0 Å². The number of carbonyl (C=O) groups is 2. The van der Waals surface area contributed by atoms with Crippen LogP contribution in [0.15, 0.2) is 42.5 Å². The molecule has 0 saturated heterocycles. The van der Waals surface area contributed by atoms with Crippen LogP contribution in [0.4, 0.5) is 10.5 Å². The number of methoxy groups -OCH3 is 1. The van der Waals surface area contributed by atoms with E-state index < -0.39 is 18.1 Å². The molecule has 1 atom stereocenters. The number of hydrogen-bond acceptors (Lipinski definition) is 5. The van der Waals surface area contributed by atoms with Crippen LogP contribution in [0.3, 0.4) is 0 Å². The topological polar surface area (TPSA) is 90.6 Å². The maximum absolute atomic E-state index is 12.1. The summed E-state index contributed by atoms with van der Waals surface area (Å²) in [5, 5.41) is 2.57. The fourth-order valence-corrected chi connectivity index (χ4v) is 4.13. The van der Waals surface area contributed by atoms with Crippen molar-refractivity contribution >= 4 is 62.9 Å². The Morgan fingerprint density at radius 1 is 1.12 bits per heavy atom. The number of rotatable bonds is 6. The van der Waals surface area contributed by atoms with Crippen LogP contribution in [-0.4, -0.2) is 25.2 Å². The smallest absolute Gasteiger partial charge is 0.408 e. The van der Waals surface area contributed by atoms with E-state index in [-0.39, 0.29) is 13.0 Å². The molecule has 2 rings (SSSR count). The monoisotopic (exact) mass is 580 g/mol. The number of amides is 1. The first-order chi connectivity index (χ1) is 12.4. The lowest BCUT2D eigenvalue weighted by molar-refractivity contribution is -0.143. The summed E-state index contributed by atoms with van der Waals surface area (Å²) in [6.07, 6.45) is -0.400. The number of hydrogen-bond donors (Lipinski definition) is 2. The maximum atomic E-state index is 12.1. The first-order valence-electron chi connectivity index (χ1n) is 7.69. The summed E-state index contributed by atoms with van der Waals surface area (Å²) in [6.45, 7) is 0.123. The van der Waals surface area contributed by atoms with Crippen molar-refractivity contribution in [1.82, 2.24) is 5.32 Å². The summed E-state index contributed by atoms with van der Waals surface area (Å²) in [5.41, 5.74) is 8.37. The van der Waals surface area contributed by atoms with Crippen LogP contribution < -0.4 is 11.1 Å². The zero-order chi connectivity index (χ0) is 19.1. The average molecular weight is 580 g/mol. The molecule has 0 saturated carbocycles. The molecule has 0 unspecified atom stereocenters. The second-order valence-corrected chi connectivity index (χ2v) is 7.78. The minimum absolute atomic E-state index is 0.123. The highest BCUT2D eigenvalue weighted by Gasteiger charge is 2.23. The van der Waals surface area contributed by atoms with Gasteiger partial charge in [-0.05, 0) is 68.4 Å². The predicted molar refractivity (Wildman–Crippen MR) is 116 cm³/mol. The molecule has 1 amide bonds. The van der Waals surface area contributed by atoms with Crippen molar-refractivity contribution in [3.8, 4) is 0 Å². The van der Waals surface area contributed by atoms with Gasteiger partial charge in [0.05, 0.1) is 12.8 Å². The number of nitrogen functional groups attached to an aromatic ring is 1. The Balaban J connectivity index is 2.03. The van der Waals surface area contributed by atoms with Crippen molar-refractivity contribution in [2.75, 3.05) is 12.8 Å². The molecule has 0 aliphatic carbocycles. The van der Waals surface area contributed by atoms with Crippen LogP contribution in [-0.2, 0) is 27.3 Å². The number of halogens is 2. The summed E-state index contributed by atoms with van der Waals surface area (Å²) in [5.74, 6) is -0.538. The van der Waals surface area contributed by atoms with Gasteiger partial charge >= 0.3 is 12.1 Å². The second-order valence-electron chi connectivity index (χ2n) is 5.46. The van der Waals surface area contributed by atoms with Gasteiger partial charge in [-0.1, -0.05) is 30.3 Å². The zero-order valence-electron chi connectivity index (χ0n) is 14.0. The molecule has 0 radical (unpaired) electrons. The van der Waals surface area contributed by atoms with Crippen LogP contribution in [0.1, 0.15) is 11.1 Å².